The third-order valence-electron chi connectivity index (χ3n) is 5.11. The van der Waals surface area contributed by atoms with Gasteiger partial charge < -0.3 is 24.3 Å². The molecule has 0 aliphatic carbocycles. The zero-order valence-electron chi connectivity index (χ0n) is 18.3. The van der Waals surface area contributed by atoms with Crippen LogP contribution in [-0.2, 0) is 11.3 Å². The van der Waals surface area contributed by atoms with Crippen molar-refractivity contribution in [2.24, 2.45) is 0 Å². The lowest BCUT2D eigenvalue weighted by Gasteiger charge is -2.23. The molecule has 0 aliphatic rings. The van der Waals surface area contributed by atoms with Gasteiger partial charge in [0.15, 0.2) is 11.5 Å². The largest absolute Gasteiger partial charge is 0.493 e. The summed E-state index contributed by atoms with van der Waals surface area (Å²) in [6.45, 7) is 4.02. The normalized spacial score (nSPS) is 12.5. The van der Waals surface area contributed by atoms with Gasteiger partial charge in [-0.05, 0) is 24.1 Å². The Morgan fingerprint density at radius 2 is 2.00 bits per heavy atom. The van der Waals surface area contributed by atoms with Gasteiger partial charge in [0.25, 0.3) is 5.56 Å². The van der Waals surface area contributed by atoms with Gasteiger partial charge in [-0.1, -0.05) is 13.0 Å². The molecule has 31 heavy (non-hydrogen) atoms. The number of fused-ring (bicyclic) bond motifs is 1. The summed E-state index contributed by atoms with van der Waals surface area (Å²) < 4.78 is 15.9. The highest BCUT2D eigenvalue weighted by molar-refractivity contribution is 7.17. The fraction of sp³-hybridized carbons (Fsp3) is 0.455. The summed E-state index contributed by atoms with van der Waals surface area (Å²) >= 11 is 1.43. The Kier molecular flexibility index (Phi) is 8.03. The second-order valence-electron chi connectivity index (χ2n) is 7.20. The summed E-state index contributed by atoms with van der Waals surface area (Å²) in [6.07, 6.45) is 0.220. The van der Waals surface area contributed by atoms with Crippen molar-refractivity contribution in [3.05, 3.63) is 39.8 Å². The van der Waals surface area contributed by atoms with E-state index in [-0.39, 0.29) is 5.56 Å². The molecule has 2 heterocycles. The second kappa shape index (κ2) is 10.7. The first-order chi connectivity index (χ1) is 15.0. The molecule has 0 fully saturated rings. The number of aliphatic hydroxyl groups excluding tert-OH is 1. The monoisotopic (exact) mass is 447 g/mol. The standard InChI is InChI=1S/C22H29N3O5S/c1-5-15(26)11-25(8-9-28-2)12-19-23-21(27)20-16(13-31-22(20)24-19)14-6-7-17(29-3)18(10-14)30-4/h6-7,10,13,15,26H,5,8-9,11-12H2,1-4H3,(H,23,24,27). The van der Waals surface area contributed by atoms with Crippen LogP contribution in [0.1, 0.15) is 19.2 Å². The first-order valence-electron chi connectivity index (χ1n) is 10.1. The average molecular weight is 448 g/mol. The zero-order valence-corrected chi connectivity index (χ0v) is 19.1. The number of hydrogen-bond donors (Lipinski definition) is 2. The van der Waals surface area contributed by atoms with E-state index in [1.54, 1.807) is 21.3 Å². The van der Waals surface area contributed by atoms with Gasteiger partial charge in [0.05, 0.1) is 38.9 Å². The van der Waals surface area contributed by atoms with Crippen molar-refractivity contribution in [1.29, 1.82) is 0 Å². The molecule has 0 saturated carbocycles. The van der Waals surface area contributed by atoms with Crippen LogP contribution in [0.3, 0.4) is 0 Å². The smallest absolute Gasteiger partial charge is 0.260 e. The lowest BCUT2D eigenvalue weighted by molar-refractivity contribution is 0.0817. The highest BCUT2D eigenvalue weighted by Gasteiger charge is 2.17. The van der Waals surface area contributed by atoms with Crippen LogP contribution >= 0.6 is 11.3 Å². The lowest BCUT2D eigenvalue weighted by atomic mass is 10.1. The predicted octanol–water partition coefficient (Wildman–Crippen LogP) is 2.89. The predicted molar refractivity (Wildman–Crippen MR) is 122 cm³/mol. The summed E-state index contributed by atoms with van der Waals surface area (Å²) in [6, 6.07) is 5.57. The molecule has 3 rings (SSSR count). The fourth-order valence-electron chi connectivity index (χ4n) is 3.38. The Labute approximate surface area is 185 Å². The van der Waals surface area contributed by atoms with Crippen LogP contribution in [0.25, 0.3) is 21.3 Å². The minimum absolute atomic E-state index is 0.186. The summed E-state index contributed by atoms with van der Waals surface area (Å²) in [5.41, 5.74) is 1.48. The number of thiophene rings is 1. The third-order valence-corrected chi connectivity index (χ3v) is 5.98. The lowest BCUT2D eigenvalue weighted by Crippen LogP contribution is -2.35. The molecule has 2 N–H and O–H groups in total. The molecule has 1 unspecified atom stereocenters. The van der Waals surface area contributed by atoms with Crippen LogP contribution in [0.15, 0.2) is 28.4 Å². The highest BCUT2D eigenvalue weighted by Crippen LogP contribution is 2.36. The van der Waals surface area contributed by atoms with Gasteiger partial charge in [0.1, 0.15) is 10.7 Å². The maximum Gasteiger partial charge on any atom is 0.260 e. The number of aromatic nitrogens is 2. The van der Waals surface area contributed by atoms with Crippen molar-refractivity contribution in [1.82, 2.24) is 14.9 Å². The van der Waals surface area contributed by atoms with Crippen LogP contribution in [0.5, 0.6) is 11.5 Å². The maximum atomic E-state index is 13.0. The highest BCUT2D eigenvalue weighted by atomic mass is 32.1. The Balaban J connectivity index is 1.93. The van der Waals surface area contributed by atoms with Crippen molar-refractivity contribution in [3.8, 4) is 22.6 Å². The van der Waals surface area contributed by atoms with E-state index < -0.39 is 6.10 Å². The van der Waals surface area contributed by atoms with E-state index in [0.29, 0.717) is 60.2 Å². The molecule has 9 heteroatoms. The molecule has 168 valence electrons. The number of H-pyrrole nitrogens is 1. The van der Waals surface area contributed by atoms with E-state index in [0.717, 1.165) is 11.1 Å². The number of nitrogens with zero attached hydrogens (tertiary/aromatic N) is 2. The van der Waals surface area contributed by atoms with Gasteiger partial charge in [0, 0.05) is 31.1 Å². The van der Waals surface area contributed by atoms with Crippen LogP contribution < -0.4 is 15.0 Å². The molecule has 1 atom stereocenters. The number of hydrogen-bond acceptors (Lipinski definition) is 8. The quantitative estimate of drug-likeness (QED) is 0.466. The van der Waals surface area contributed by atoms with E-state index >= 15 is 0 Å². The Morgan fingerprint density at radius 1 is 1.23 bits per heavy atom. The van der Waals surface area contributed by atoms with E-state index in [1.165, 1.54) is 11.3 Å². The number of benzene rings is 1. The van der Waals surface area contributed by atoms with Crippen molar-refractivity contribution < 1.29 is 19.3 Å². The van der Waals surface area contributed by atoms with Crippen molar-refractivity contribution in [3.63, 3.8) is 0 Å². The zero-order chi connectivity index (χ0) is 22.4. The number of aromatic amines is 1. The molecule has 0 spiro atoms. The van der Waals surface area contributed by atoms with Gasteiger partial charge in [-0.15, -0.1) is 11.3 Å². The summed E-state index contributed by atoms with van der Waals surface area (Å²) in [4.78, 5) is 23.3. The molecular formula is C22H29N3O5S. The molecule has 3 aromatic rings. The summed E-state index contributed by atoms with van der Waals surface area (Å²) in [5.74, 6) is 1.80. The molecule has 2 aromatic heterocycles. The Bertz CT molecular complexity index is 1060. The van der Waals surface area contributed by atoms with Gasteiger partial charge in [-0.25, -0.2) is 4.98 Å². The summed E-state index contributed by atoms with van der Waals surface area (Å²) in [5, 5.41) is 12.5. The van der Waals surface area contributed by atoms with E-state index in [1.807, 2.05) is 35.4 Å². The molecule has 1 aromatic carbocycles. The molecule has 0 radical (unpaired) electrons. The van der Waals surface area contributed by atoms with E-state index in [9.17, 15) is 9.90 Å². The molecular weight excluding hydrogens is 418 g/mol. The molecule has 0 bridgehead atoms. The maximum absolute atomic E-state index is 13.0. The third kappa shape index (κ3) is 5.43. The van der Waals surface area contributed by atoms with Crippen LogP contribution in [0.2, 0.25) is 0 Å². The fourth-order valence-corrected chi connectivity index (χ4v) is 4.35. The molecule has 0 saturated heterocycles. The molecule has 0 amide bonds. The molecule has 0 aliphatic heterocycles. The first kappa shape index (κ1) is 23.2. The number of ether oxygens (including phenoxy) is 3. The van der Waals surface area contributed by atoms with Crippen molar-refractivity contribution in [2.75, 3.05) is 41.0 Å². The van der Waals surface area contributed by atoms with Gasteiger partial charge in [-0.3, -0.25) is 9.69 Å². The minimum Gasteiger partial charge on any atom is -0.493 e. The number of aliphatic hydroxyl groups is 1. The van der Waals surface area contributed by atoms with Crippen LogP contribution in [0.4, 0.5) is 0 Å². The average Bonchev–Trinajstić information content (AvgIpc) is 3.21. The Morgan fingerprint density at radius 3 is 2.68 bits per heavy atom. The SMILES string of the molecule is CCC(O)CN(CCOC)Cc1nc2scc(-c3ccc(OC)c(OC)c3)c2c(=O)[nH]1. The van der Waals surface area contributed by atoms with Crippen molar-refractivity contribution in [2.45, 2.75) is 26.0 Å². The topological polar surface area (TPSA) is 96.9 Å². The number of methoxy groups -OCH3 is 3. The number of nitrogens with one attached hydrogen (secondary N) is 1. The van der Waals surface area contributed by atoms with E-state index in [4.69, 9.17) is 14.2 Å². The van der Waals surface area contributed by atoms with E-state index in [2.05, 4.69) is 9.97 Å². The van der Waals surface area contributed by atoms with Crippen LogP contribution in [-0.4, -0.2) is 67.1 Å². The van der Waals surface area contributed by atoms with Crippen LogP contribution in [0, 0.1) is 0 Å². The van der Waals surface area contributed by atoms with Gasteiger partial charge >= 0.3 is 0 Å². The Hall–Kier alpha value is -2.46. The van der Waals surface area contributed by atoms with Crippen molar-refractivity contribution >= 4 is 21.6 Å². The summed E-state index contributed by atoms with van der Waals surface area (Å²) in [7, 11) is 4.81. The molecule has 8 nitrogen and oxygen atoms in total. The van der Waals surface area contributed by atoms with Gasteiger partial charge in [0.2, 0.25) is 0 Å². The first-order valence-corrected chi connectivity index (χ1v) is 11.0. The second-order valence-corrected chi connectivity index (χ2v) is 8.06. The van der Waals surface area contributed by atoms with Gasteiger partial charge in [-0.2, -0.15) is 0 Å². The minimum atomic E-state index is -0.439. The number of rotatable bonds is 11.